The van der Waals surface area contributed by atoms with E-state index in [1.165, 1.54) is 0 Å². The first-order valence-electron chi connectivity index (χ1n) is 7.53. The molecule has 0 radical (unpaired) electrons. The van der Waals surface area contributed by atoms with Gasteiger partial charge in [0.1, 0.15) is 17.7 Å². The topological polar surface area (TPSA) is 95.6 Å². The summed E-state index contributed by atoms with van der Waals surface area (Å²) in [5.74, 6) is 0.912. The van der Waals surface area contributed by atoms with Crippen molar-refractivity contribution in [3.8, 4) is 6.07 Å². The number of carbonyl (C=O) groups excluding carboxylic acids is 1. The summed E-state index contributed by atoms with van der Waals surface area (Å²) in [5, 5.41) is 19.6. The molecule has 1 atom stereocenters. The number of nitriles is 1. The van der Waals surface area contributed by atoms with Crippen molar-refractivity contribution in [1.29, 1.82) is 5.26 Å². The second kappa shape index (κ2) is 5.82. The molecule has 3 rings (SSSR count). The van der Waals surface area contributed by atoms with Crippen LogP contribution in [0.1, 0.15) is 37.9 Å². The maximum atomic E-state index is 12.0. The molecule has 1 aliphatic carbocycles. The zero-order chi connectivity index (χ0) is 14.7. The summed E-state index contributed by atoms with van der Waals surface area (Å²) in [4.78, 5) is 16.2. The Bertz CT molecular complexity index is 554. The number of hydrogen-bond donors (Lipinski definition) is 2. The zero-order valence-corrected chi connectivity index (χ0v) is 12.0. The number of rotatable bonds is 4. The molecular formula is C14H20N6O. The van der Waals surface area contributed by atoms with Crippen LogP contribution >= 0.6 is 0 Å². The van der Waals surface area contributed by atoms with Crippen LogP contribution in [-0.4, -0.2) is 38.8 Å². The Morgan fingerprint density at radius 2 is 2.33 bits per heavy atom. The van der Waals surface area contributed by atoms with Crippen molar-refractivity contribution in [3.05, 3.63) is 12.2 Å². The second-order valence-corrected chi connectivity index (χ2v) is 5.92. The van der Waals surface area contributed by atoms with E-state index in [0.717, 1.165) is 50.9 Å². The Morgan fingerprint density at radius 3 is 3.10 bits per heavy atom. The molecule has 1 aromatic heterocycles. The number of fused-ring (bicyclic) bond motifs is 1. The van der Waals surface area contributed by atoms with Gasteiger partial charge in [-0.2, -0.15) is 10.4 Å². The Labute approximate surface area is 123 Å². The smallest absolute Gasteiger partial charge is 0.235 e. The van der Waals surface area contributed by atoms with Gasteiger partial charge >= 0.3 is 0 Å². The van der Waals surface area contributed by atoms with Crippen LogP contribution in [-0.2, 0) is 17.8 Å². The van der Waals surface area contributed by atoms with E-state index >= 15 is 0 Å². The van der Waals surface area contributed by atoms with Crippen molar-refractivity contribution in [2.45, 2.75) is 56.7 Å². The fraction of sp³-hybridized carbons (Fsp3) is 0.714. The lowest BCUT2D eigenvalue weighted by Gasteiger charge is -2.25. The third-order valence-electron chi connectivity index (χ3n) is 4.41. The maximum Gasteiger partial charge on any atom is 0.235 e. The highest BCUT2D eigenvalue weighted by Gasteiger charge is 2.35. The van der Waals surface area contributed by atoms with Gasteiger partial charge in [-0.25, -0.2) is 9.67 Å². The summed E-state index contributed by atoms with van der Waals surface area (Å²) in [6.07, 6.45) is 6.96. The molecule has 7 heteroatoms. The summed E-state index contributed by atoms with van der Waals surface area (Å²) in [7, 11) is 0. The third kappa shape index (κ3) is 3.05. The zero-order valence-electron chi connectivity index (χ0n) is 12.0. The molecule has 7 nitrogen and oxygen atoms in total. The highest BCUT2D eigenvalue weighted by Crippen LogP contribution is 2.28. The van der Waals surface area contributed by atoms with Gasteiger partial charge in [0.15, 0.2) is 0 Å². The number of amides is 1. The largest absolute Gasteiger partial charge is 0.337 e. The van der Waals surface area contributed by atoms with Gasteiger partial charge in [0, 0.05) is 12.5 Å². The molecule has 0 bridgehead atoms. The first-order chi connectivity index (χ1) is 10.2. The van der Waals surface area contributed by atoms with E-state index in [0.29, 0.717) is 0 Å². The van der Waals surface area contributed by atoms with Crippen LogP contribution in [0.3, 0.4) is 0 Å². The van der Waals surface area contributed by atoms with Gasteiger partial charge in [-0.3, -0.25) is 4.79 Å². The summed E-state index contributed by atoms with van der Waals surface area (Å²) >= 11 is 0. The van der Waals surface area contributed by atoms with Crippen LogP contribution in [0.25, 0.3) is 0 Å². The molecule has 112 valence electrons. The van der Waals surface area contributed by atoms with Gasteiger partial charge < -0.3 is 10.6 Å². The number of nitrogens with zero attached hydrogens (tertiary/aromatic N) is 4. The number of aromatic nitrogens is 3. The van der Waals surface area contributed by atoms with Crippen LogP contribution in [0.4, 0.5) is 0 Å². The van der Waals surface area contributed by atoms with Crippen LogP contribution in [0, 0.1) is 11.3 Å². The molecule has 1 amide bonds. The molecule has 1 fully saturated rings. The Morgan fingerprint density at radius 1 is 1.52 bits per heavy atom. The Balaban J connectivity index is 1.47. The summed E-state index contributed by atoms with van der Waals surface area (Å²) in [6.45, 7) is 0.990. The summed E-state index contributed by atoms with van der Waals surface area (Å²) in [6, 6.07) is 2.50. The molecule has 0 unspecified atom stereocenters. The summed E-state index contributed by atoms with van der Waals surface area (Å²) in [5.41, 5.74) is -0.635. The van der Waals surface area contributed by atoms with Crippen molar-refractivity contribution in [3.63, 3.8) is 0 Å². The van der Waals surface area contributed by atoms with Crippen LogP contribution < -0.4 is 10.6 Å². The molecule has 2 heterocycles. The summed E-state index contributed by atoms with van der Waals surface area (Å²) < 4.78 is 1.88. The fourth-order valence-corrected chi connectivity index (χ4v) is 3.20. The standard InChI is InChI=1S/C14H20N6O/c15-9-14(5-1-2-6-14)19-13(21)7-16-11-3-4-12-17-10-18-20(12)8-11/h10-11,16H,1-8H2,(H,19,21)/t11-/m0/s1. The van der Waals surface area contributed by atoms with Crippen LogP contribution in [0.15, 0.2) is 6.33 Å². The molecule has 0 spiro atoms. The molecule has 0 saturated heterocycles. The minimum atomic E-state index is -0.635. The van der Waals surface area contributed by atoms with Gasteiger partial charge in [0.2, 0.25) is 5.91 Å². The van der Waals surface area contributed by atoms with Gasteiger partial charge in [0.25, 0.3) is 0 Å². The monoisotopic (exact) mass is 288 g/mol. The van der Waals surface area contributed by atoms with Gasteiger partial charge in [-0.15, -0.1) is 0 Å². The molecule has 2 aliphatic rings. The quantitative estimate of drug-likeness (QED) is 0.821. The van der Waals surface area contributed by atoms with E-state index in [1.54, 1.807) is 6.33 Å². The average molecular weight is 288 g/mol. The average Bonchev–Trinajstić information content (AvgIpc) is 3.14. The van der Waals surface area contributed by atoms with Crippen molar-refractivity contribution in [2.75, 3.05) is 6.54 Å². The first kappa shape index (κ1) is 14.0. The lowest BCUT2D eigenvalue weighted by atomic mass is 10.00. The van der Waals surface area contributed by atoms with Gasteiger partial charge in [0.05, 0.1) is 19.2 Å². The molecule has 1 aliphatic heterocycles. The van der Waals surface area contributed by atoms with Gasteiger partial charge in [-0.1, -0.05) is 0 Å². The molecule has 1 saturated carbocycles. The van der Waals surface area contributed by atoms with E-state index in [-0.39, 0.29) is 18.5 Å². The fourth-order valence-electron chi connectivity index (χ4n) is 3.20. The third-order valence-corrected chi connectivity index (χ3v) is 4.41. The molecular weight excluding hydrogens is 268 g/mol. The molecule has 0 aromatic carbocycles. The number of nitrogens with one attached hydrogen (secondary N) is 2. The van der Waals surface area contributed by atoms with Crippen LogP contribution in [0.2, 0.25) is 0 Å². The number of hydrogen-bond acceptors (Lipinski definition) is 5. The van der Waals surface area contributed by atoms with E-state index in [4.69, 9.17) is 0 Å². The molecule has 1 aromatic rings. The van der Waals surface area contributed by atoms with E-state index in [1.807, 2.05) is 4.68 Å². The van der Waals surface area contributed by atoms with E-state index < -0.39 is 5.54 Å². The minimum absolute atomic E-state index is 0.0946. The highest BCUT2D eigenvalue weighted by molar-refractivity contribution is 5.79. The van der Waals surface area contributed by atoms with Crippen LogP contribution in [0.5, 0.6) is 0 Å². The van der Waals surface area contributed by atoms with E-state index in [2.05, 4.69) is 26.8 Å². The number of carbonyl (C=O) groups is 1. The van der Waals surface area contributed by atoms with Gasteiger partial charge in [-0.05, 0) is 32.1 Å². The van der Waals surface area contributed by atoms with Crippen molar-refractivity contribution in [2.24, 2.45) is 0 Å². The lowest BCUT2D eigenvalue weighted by molar-refractivity contribution is -0.121. The predicted octanol–water partition coefficient (Wildman–Crippen LogP) is 0.135. The molecule has 21 heavy (non-hydrogen) atoms. The predicted molar refractivity (Wildman–Crippen MR) is 75.1 cm³/mol. The van der Waals surface area contributed by atoms with Crippen molar-refractivity contribution >= 4 is 5.91 Å². The van der Waals surface area contributed by atoms with Crippen molar-refractivity contribution in [1.82, 2.24) is 25.4 Å². The molecule has 2 N–H and O–H groups in total. The normalized spacial score (nSPS) is 23.3. The Kier molecular flexibility index (Phi) is 3.88. The van der Waals surface area contributed by atoms with Crippen molar-refractivity contribution < 1.29 is 4.79 Å². The first-order valence-corrected chi connectivity index (χ1v) is 7.53. The second-order valence-electron chi connectivity index (χ2n) is 5.92. The Hall–Kier alpha value is -1.94. The SMILES string of the molecule is N#CC1(NC(=O)CN[C@H]2CCc3ncnn3C2)CCCC1. The van der Waals surface area contributed by atoms with E-state index in [9.17, 15) is 10.1 Å². The minimum Gasteiger partial charge on any atom is -0.337 e. The maximum absolute atomic E-state index is 12.0. The number of aryl methyl sites for hydroxylation is 1. The lowest BCUT2D eigenvalue weighted by Crippen LogP contribution is -2.50. The highest BCUT2D eigenvalue weighted by atomic mass is 16.2.